The Morgan fingerprint density at radius 2 is 1.88 bits per heavy atom. The van der Waals surface area contributed by atoms with E-state index in [2.05, 4.69) is 20.5 Å². The Morgan fingerprint density at radius 1 is 1.23 bits per heavy atom. The Balaban J connectivity index is 1.76. The summed E-state index contributed by atoms with van der Waals surface area (Å²) in [6.07, 6.45) is 1.81. The maximum Gasteiger partial charge on any atom is 0.252 e. The summed E-state index contributed by atoms with van der Waals surface area (Å²) in [6.45, 7) is 4.66. The Morgan fingerprint density at radius 3 is 2.50 bits per heavy atom. The smallest absolute Gasteiger partial charge is 0.252 e. The van der Waals surface area contributed by atoms with E-state index in [1.54, 1.807) is 38.1 Å². The Hall–Kier alpha value is -2.52. The number of hydrogen-bond acceptors (Lipinski definition) is 6. The van der Waals surface area contributed by atoms with Crippen molar-refractivity contribution in [1.29, 1.82) is 0 Å². The molecule has 0 spiro atoms. The molecule has 0 bridgehead atoms. The number of hydrazone groups is 1. The predicted octanol–water partition coefficient (Wildman–Crippen LogP) is 1.70. The molecule has 1 aromatic heterocycles. The number of aromatic nitrogens is 2. The number of sulfonamides is 1. The first kappa shape index (κ1) is 18.3. The van der Waals surface area contributed by atoms with Gasteiger partial charge in [0.15, 0.2) is 0 Å². The van der Waals surface area contributed by atoms with Gasteiger partial charge in [0.1, 0.15) is 0 Å². The van der Waals surface area contributed by atoms with Gasteiger partial charge in [0.05, 0.1) is 10.6 Å². The van der Waals surface area contributed by atoms with Crippen molar-refractivity contribution >= 4 is 21.7 Å². The third-order valence-corrected chi connectivity index (χ3v) is 6.09. The SMILES string of the molecule is C/C(=N\Nc1nc(C)cc(=O)[nH]1)c1ccc(S(=O)(=O)N2CCCC2)cc1. The quantitative estimate of drug-likeness (QED) is 0.611. The van der Waals surface area contributed by atoms with Crippen LogP contribution in [-0.2, 0) is 10.0 Å². The largest absolute Gasteiger partial charge is 0.291 e. The van der Waals surface area contributed by atoms with E-state index < -0.39 is 10.0 Å². The van der Waals surface area contributed by atoms with Crippen LogP contribution in [0.4, 0.5) is 5.95 Å². The zero-order valence-corrected chi connectivity index (χ0v) is 15.5. The molecule has 1 aliphatic heterocycles. The van der Waals surface area contributed by atoms with Crippen molar-refractivity contribution in [2.45, 2.75) is 31.6 Å². The van der Waals surface area contributed by atoms with Crippen molar-refractivity contribution in [3.8, 4) is 0 Å². The molecule has 0 unspecified atom stereocenters. The summed E-state index contributed by atoms with van der Waals surface area (Å²) in [7, 11) is -3.42. The Kier molecular flexibility index (Phi) is 5.19. The maximum absolute atomic E-state index is 12.5. The van der Waals surface area contributed by atoms with Gasteiger partial charge in [0.2, 0.25) is 16.0 Å². The predicted molar refractivity (Wildman–Crippen MR) is 99.9 cm³/mol. The Bertz CT molecular complexity index is 974. The van der Waals surface area contributed by atoms with Crippen LogP contribution in [0.15, 0.2) is 45.1 Å². The lowest BCUT2D eigenvalue weighted by Crippen LogP contribution is -2.27. The van der Waals surface area contributed by atoms with Crippen molar-refractivity contribution in [3.05, 3.63) is 51.9 Å². The van der Waals surface area contributed by atoms with Crippen LogP contribution in [0.5, 0.6) is 0 Å². The van der Waals surface area contributed by atoms with E-state index in [0.29, 0.717) is 24.5 Å². The summed E-state index contributed by atoms with van der Waals surface area (Å²) < 4.78 is 26.6. The van der Waals surface area contributed by atoms with Crippen LogP contribution in [0.25, 0.3) is 0 Å². The van der Waals surface area contributed by atoms with Crippen molar-refractivity contribution in [3.63, 3.8) is 0 Å². The minimum Gasteiger partial charge on any atom is -0.291 e. The number of aromatic amines is 1. The first-order valence-electron chi connectivity index (χ1n) is 8.35. The molecule has 0 saturated carbocycles. The first-order chi connectivity index (χ1) is 12.4. The molecule has 138 valence electrons. The van der Waals surface area contributed by atoms with Gasteiger partial charge in [-0.3, -0.25) is 9.78 Å². The number of anilines is 1. The molecule has 3 rings (SSSR count). The minimum atomic E-state index is -3.42. The van der Waals surface area contributed by atoms with Crippen LogP contribution in [0.1, 0.15) is 31.0 Å². The number of H-pyrrole nitrogens is 1. The second-order valence-corrected chi connectivity index (χ2v) is 8.12. The molecule has 0 atom stereocenters. The van der Waals surface area contributed by atoms with Crippen LogP contribution in [0.3, 0.4) is 0 Å². The number of benzene rings is 1. The van der Waals surface area contributed by atoms with E-state index in [1.165, 1.54) is 10.4 Å². The lowest BCUT2D eigenvalue weighted by Gasteiger charge is -2.15. The summed E-state index contributed by atoms with van der Waals surface area (Å²) in [5.41, 5.74) is 4.44. The summed E-state index contributed by atoms with van der Waals surface area (Å²) in [6, 6.07) is 8.01. The first-order valence-corrected chi connectivity index (χ1v) is 9.79. The van der Waals surface area contributed by atoms with Gasteiger partial charge < -0.3 is 0 Å². The molecule has 1 saturated heterocycles. The molecule has 2 heterocycles. The molecule has 26 heavy (non-hydrogen) atoms. The molecule has 0 amide bonds. The fraction of sp³-hybridized carbons (Fsp3) is 0.353. The van der Waals surface area contributed by atoms with Crippen LogP contribution < -0.4 is 11.0 Å². The van der Waals surface area contributed by atoms with Crippen molar-refractivity contribution in [2.24, 2.45) is 5.10 Å². The lowest BCUT2D eigenvalue weighted by atomic mass is 10.1. The zero-order chi connectivity index (χ0) is 18.7. The van der Waals surface area contributed by atoms with Gasteiger partial charge in [-0.2, -0.15) is 9.41 Å². The van der Waals surface area contributed by atoms with Gasteiger partial charge in [-0.15, -0.1) is 0 Å². The van der Waals surface area contributed by atoms with Crippen molar-refractivity contribution in [2.75, 3.05) is 18.5 Å². The molecular formula is C17H21N5O3S. The van der Waals surface area contributed by atoms with Crippen LogP contribution in [-0.4, -0.2) is 41.5 Å². The Labute approximate surface area is 152 Å². The van der Waals surface area contributed by atoms with Gasteiger partial charge in [0, 0.05) is 24.8 Å². The van der Waals surface area contributed by atoms with E-state index in [4.69, 9.17) is 0 Å². The average molecular weight is 375 g/mol. The summed E-state index contributed by atoms with van der Waals surface area (Å²) in [4.78, 5) is 18.4. The fourth-order valence-corrected chi connectivity index (χ4v) is 4.30. The third-order valence-electron chi connectivity index (χ3n) is 4.17. The van der Waals surface area contributed by atoms with E-state index in [1.807, 2.05) is 0 Å². The zero-order valence-electron chi connectivity index (χ0n) is 14.7. The van der Waals surface area contributed by atoms with Gasteiger partial charge in [-0.05, 0) is 44.4 Å². The van der Waals surface area contributed by atoms with E-state index in [0.717, 1.165) is 18.4 Å². The third kappa shape index (κ3) is 4.00. The number of rotatable bonds is 5. The number of nitrogens with one attached hydrogen (secondary N) is 2. The monoisotopic (exact) mass is 375 g/mol. The maximum atomic E-state index is 12.5. The highest BCUT2D eigenvalue weighted by Gasteiger charge is 2.26. The lowest BCUT2D eigenvalue weighted by molar-refractivity contribution is 0.477. The topological polar surface area (TPSA) is 108 Å². The number of aryl methyl sites for hydroxylation is 1. The van der Waals surface area contributed by atoms with Crippen molar-refractivity contribution in [1.82, 2.24) is 14.3 Å². The molecule has 1 aliphatic rings. The van der Waals surface area contributed by atoms with Crippen LogP contribution >= 0.6 is 0 Å². The molecule has 8 nitrogen and oxygen atoms in total. The highest BCUT2D eigenvalue weighted by Crippen LogP contribution is 2.21. The molecular weight excluding hydrogens is 354 g/mol. The molecule has 1 aromatic carbocycles. The highest BCUT2D eigenvalue weighted by molar-refractivity contribution is 7.89. The standard InChI is InChI=1S/C17H21N5O3S/c1-12-11-16(23)19-17(18-12)21-20-13(2)14-5-7-15(8-6-14)26(24,25)22-9-3-4-10-22/h5-8,11H,3-4,9-10H2,1-2H3,(H2,18,19,21,23)/b20-13+. The molecule has 2 N–H and O–H groups in total. The molecule has 9 heteroatoms. The normalized spacial score (nSPS) is 16.0. The summed E-state index contributed by atoms with van der Waals surface area (Å²) in [5.74, 6) is 0.252. The van der Waals surface area contributed by atoms with Crippen LogP contribution in [0, 0.1) is 6.92 Å². The van der Waals surface area contributed by atoms with E-state index in [9.17, 15) is 13.2 Å². The molecule has 1 fully saturated rings. The molecule has 2 aromatic rings. The number of nitrogens with zero attached hydrogens (tertiary/aromatic N) is 3. The van der Waals surface area contributed by atoms with Crippen molar-refractivity contribution < 1.29 is 8.42 Å². The summed E-state index contributed by atoms with van der Waals surface area (Å²) in [5, 5.41) is 4.19. The number of hydrogen-bond donors (Lipinski definition) is 2. The molecule has 0 radical (unpaired) electrons. The van der Waals surface area contributed by atoms with E-state index >= 15 is 0 Å². The van der Waals surface area contributed by atoms with Gasteiger partial charge >= 0.3 is 0 Å². The van der Waals surface area contributed by atoms with Gasteiger partial charge in [0.25, 0.3) is 5.56 Å². The highest BCUT2D eigenvalue weighted by atomic mass is 32.2. The molecule has 0 aliphatic carbocycles. The second kappa shape index (κ2) is 7.38. The average Bonchev–Trinajstić information content (AvgIpc) is 3.14. The fourth-order valence-electron chi connectivity index (χ4n) is 2.78. The van der Waals surface area contributed by atoms with E-state index in [-0.39, 0.29) is 16.4 Å². The second-order valence-electron chi connectivity index (χ2n) is 6.18. The summed E-state index contributed by atoms with van der Waals surface area (Å²) >= 11 is 0. The minimum absolute atomic E-state index is 0.252. The van der Waals surface area contributed by atoms with Gasteiger partial charge in [-0.25, -0.2) is 18.8 Å². The van der Waals surface area contributed by atoms with Crippen LogP contribution in [0.2, 0.25) is 0 Å². The van der Waals surface area contributed by atoms with Gasteiger partial charge in [-0.1, -0.05) is 12.1 Å².